The molecule has 0 spiro atoms. The van der Waals surface area contributed by atoms with Crippen molar-refractivity contribution in [2.24, 2.45) is 0 Å². The molecular weight excluding hydrogens is 398 g/mol. The molecule has 0 unspecified atom stereocenters. The normalized spacial score (nSPS) is 14.0. The number of rotatable bonds is 7. The number of hydrogen-bond acceptors (Lipinski definition) is 8. The number of fused-ring (bicyclic) bond motifs is 1. The van der Waals surface area contributed by atoms with Crippen LogP contribution >= 0.6 is 11.8 Å². The maximum atomic E-state index is 13.0. The molecule has 0 aliphatic carbocycles. The van der Waals surface area contributed by atoms with E-state index < -0.39 is 24.8 Å². The van der Waals surface area contributed by atoms with Crippen molar-refractivity contribution >= 4 is 29.3 Å². The van der Waals surface area contributed by atoms with Gasteiger partial charge in [0.25, 0.3) is 5.91 Å². The maximum Gasteiger partial charge on any atom is 0.586 e. The number of thioether (sulfide) groups is 1. The van der Waals surface area contributed by atoms with Crippen LogP contribution in [-0.2, 0) is 20.1 Å². The van der Waals surface area contributed by atoms with Crippen LogP contribution in [0.2, 0.25) is 0 Å². The van der Waals surface area contributed by atoms with Gasteiger partial charge in [-0.05, 0) is 26.0 Å². The van der Waals surface area contributed by atoms with E-state index in [2.05, 4.69) is 19.9 Å². The van der Waals surface area contributed by atoms with Crippen molar-refractivity contribution in [3.63, 3.8) is 0 Å². The molecule has 0 saturated carbocycles. The number of nitrogens with zero attached hydrogens (tertiary/aromatic N) is 1. The molecule has 3 rings (SSSR count). The topological polar surface area (TPSA) is 99.9 Å². The van der Waals surface area contributed by atoms with Crippen LogP contribution in [0.25, 0.3) is 0 Å². The quantitative estimate of drug-likeness (QED) is 0.690. The van der Waals surface area contributed by atoms with E-state index in [0.717, 1.165) is 11.3 Å². The van der Waals surface area contributed by atoms with Crippen molar-refractivity contribution in [1.29, 1.82) is 0 Å². The Labute approximate surface area is 162 Å². The first-order valence-electron chi connectivity index (χ1n) is 8.08. The first kappa shape index (κ1) is 19.9. The molecule has 11 heteroatoms. The summed E-state index contributed by atoms with van der Waals surface area (Å²) in [6.45, 7) is 3.09. The van der Waals surface area contributed by atoms with Crippen LogP contribution in [0.15, 0.2) is 22.7 Å². The lowest BCUT2D eigenvalue weighted by molar-refractivity contribution is -0.286. The first-order chi connectivity index (χ1) is 13.2. The minimum atomic E-state index is -3.73. The zero-order chi connectivity index (χ0) is 20.3. The number of benzene rings is 1. The van der Waals surface area contributed by atoms with Crippen molar-refractivity contribution in [3.05, 3.63) is 35.2 Å². The van der Waals surface area contributed by atoms with Gasteiger partial charge in [-0.15, -0.1) is 20.5 Å². The summed E-state index contributed by atoms with van der Waals surface area (Å²) >= 11 is 1.31. The van der Waals surface area contributed by atoms with Crippen LogP contribution in [0.4, 0.5) is 14.5 Å². The molecule has 1 aromatic heterocycles. The molecule has 1 aliphatic heterocycles. The number of aryl methyl sites for hydroxylation is 2. The van der Waals surface area contributed by atoms with Crippen LogP contribution in [-0.4, -0.2) is 35.7 Å². The van der Waals surface area contributed by atoms with Crippen LogP contribution in [0.5, 0.6) is 11.5 Å². The zero-order valence-electron chi connectivity index (χ0n) is 14.9. The third-order valence-electron chi connectivity index (χ3n) is 3.70. The number of aromatic nitrogens is 1. The molecule has 8 nitrogen and oxygen atoms in total. The number of esters is 1. The summed E-state index contributed by atoms with van der Waals surface area (Å²) in [5.74, 6) is -0.229. The molecule has 0 saturated heterocycles. The molecule has 1 N–H and O–H groups in total. The fourth-order valence-electron chi connectivity index (χ4n) is 2.36. The largest absolute Gasteiger partial charge is 0.586 e. The molecule has 150 valence electrons. The number of halogens is 2. The summed E-state index contributed by atoms with van der Waals surface area (Å²) in [6, 6.07) is 3.79. The molecule has 28 heavy (non-hydrogen) atoms. The number of hydrogen-bond donors (Lipinski definition) is 1. The average molecular weight is 414 g/mol. The highest BCUT2D eigenvalue weighted by molar-refractivity contribution is 7.99. The SMILES string of the molecule is Cc1noc(C)c1CSCC(=O)OCC(=O)Nc1ccc2c(c1)OC(F)(F)O2. The second kappa shape index (κ2) is 8.05. The fraction of sp³-hybridized carbons (Fsp3) is 0.353. The maximum absolute atomic E-state index is 13.0. The second-order valence-electron chi connectivity index (χ2n) is 5.83. The summed E-state index contributed by atoms with van der Waals surface area (Å²) in [7, 11) is 0. The van der Waals surface area contributed by atoms with E-state index in [1.807, 2.05) is 6.92 Å². The predicted molar refractivity (Wildman–Crippen MR) is 94.4 cm³/mol. The van der Waals surface area contributed by atoms with Gasteiger partial charge in [0.1, 0.15) is 5.76 Å². The van der Waals surface area contributed by atoms with E-state index in [0.29, 0.717) is 11.5 Å². The number of nitrogens with one attached hydrogen (secondary N) is 1. The van der Waals surface area contributed by atoms with Gasteiger partial charge in [0.05, 0.1) is 11.4 Å². The standard InChI is InChI=1S/C17H16F2N2O6S/c1-9-12(10(2)27-21-9)7-28-8-16(23)24-6-15(22)20-11-3-4-13-14(5-11)26-17(18,19)25-13/h3-5H,6-8H2,1-2H3,(H,20,22). The fourth-order valence-corrected chi connectivity index (χ4v) is 3.32. The number of alkyl halides is 2. The third kappa shape index (κ3) is 4.91. The minimum absolute atomic E-state index is 0.0520. The highest BCUT2D eigenvalue weighted by Crippen LogP contribution is 2.42. The summed E-state index contributed by atoms with van der Waals surface area (Å²) in [5, 5.41) is 6.25. The lowest BCUT2D eigenvalue weighted by atomic mass is 10.2. The van der Waals surface area contributed by atoms with Crippen LogP contribution in [0, 0.1) is 13.8 Å². The van der Waals surface area contributed by atoms with Gasteiger partial charge in [0, 0.05) is 23.1 Å². The summed E-state index contributed by atoms with van der Waals surface area (Å²) in [6.07, 6.45) is -3.73. The van der Waals surface area contributed by atoms with Gasteiger partial charge >= 0.3 is 12.3 Å². The molecule has 1 amide bonds. The van der Waals surface area contributed by atoms with Crippen molar-refractivity contribution in [3.8, 4) is 11.5 Å². The molecule has 0 atom stereocenters. The molecule has 0 bridgehead atoms. The lowest BCUT2D eigenvalue weighted by Crippen LogP contribution is -2.25. The molecule has 2 aromatic rings. The Morgan fingerprint density at radius 1 is 1.25 bits per heavy atom. The van der Waals surface area contributed by atoms with Gasteiger partial charge in [-0.2, -0.15) is 0 Å². The Hall–Kier alpha value is -2.82. The van der Waals surface area contributed by atoms with Gasteiger partial charge < -0.3 is 24.1 Å². The van der Waals surface area contributed by atoms with Crippen LogP contribution < -0.4 is 14.8 Å². The highest BCUT2D eigenvalue weighted by Gasteiger charge is 2.43. The van der Waals surface area contributed by atoms with Gasteiger partial charge in [0.15, 0.2) is 18.1 Å². The Kier molecular flexibility index (Phi) is 5.73. The Bertz CT molecular complexity index is 882. The molecule has 2 heterocycles. The van der Waals surface area contributed by atoms with E-state index in [4.69, 9.17) is 9.26 Å². The van der Waals surface area contributed by atoms with Crippen molar-refractivity contribution < 1.29 is 37.1 Å². The Balaban J connectivity index is 1.40. The summed E-state index contributed by atoms with van der Waals surface area (Å²) < 4.78 is 44.4. The van der Waals surface area contributed by atoms with Gasteiger partial charge in [0.2, 0.25) is 0 Å². The van der Waals surface area contributed by atoms with Crippen molar-refractivity contribution in [2.75, 3.05) is 17.7 Å². The monoisotopic (exact) mass is 414 g/mol. The lowest BCUT2D eigenvalue weighted by Gasteiger charge is -2.07. The molecule has 0 fully saturated rings. The molecule has 0 radical (unpaired) electrons. The van der Waals surface area contributed by atoms with Crippen molar-refractivity contribution in [2.45, 2.75) is 25.9 Å². The van der Waals surface area contributed by atoms with Crippen molar-refractivity contribution in [1.82, 2.24) is 5.16 Å². The van der Waals surface area contributed by atoms with Gasteiger partial charge in [-0.25, -0.2) is 0 Å². The zero-order valence-corrected chi connectivity index (χ0v) is 15.7. The highest BCUT2D eigenvalue weighted by atomic mass is 32.2. The number of amides is 1. The van der Waals surface area contributed by atoms with E-state index in [9.17, 15) is 18.4 Å². The van der Waals surface area contributed by atoms with Gasteiger partial charge in [-0.1, -0.05) is 5.16 Å². The first-order valence-corrected chi connectivity index (χ1v) is 9.24. The predicted octanol–water partition coefficient (Wildman–Crippen LogP) is 3.03. The van der Waals surface area contributed by atoms with E-state index >= 15 is 0 Å². The second-order valence-corrected chi connectivity index (χ2v) is 6.82. The Morgan fingerprint density at radius 2 is 2.00 bits per heavy atom. The number of carbonyl (C=O) groups is 2. The van der Waals surface area contributed by atoms with E-state index in [1.54, 1.807) is 6.92 Å². The van der Waals surface area contributed by atoms with E-state index in [-0.39, 0.29) is 22.9 Å². The Morgan fingerprint density at radius 3 is 2.71 bits per heavy atom. The average Bonchev–Trinajstić information content (AvgIpc) is 3.10. The van der Waals surface area contributed by atoms with Crippen LogP contribution in [0.1, 0.15) is 17.0 Å². The number of ether oxygens (including phenoxy) is 3. The summed E-state index contributed by atoms with van der Waals surface area (Å²) in [4.78, 5) is 23.6. The molecule has 1 aromatic carbocycles. The van der Waals surface area contributed by atoms with Crippen LogP contribution in [0.3, 0.4) is 0 Å². The molecular formula is C17H16F2N2O6S. The van der Waals surface area contributed by atoms with E-state index in [1.165, 1.54) is 30.0 Å². The number of anilines is 1. The smallest absolute Gasteiger partial charge is 0.455 e. The molecule has 1 aliphatic rings. The third-order valence-corrected chi connectivity index (χ3v) is 4.63. The minimum Gasteiger partial charge on any atom is -0.455 e. The summed E-state index contributed by atoms with van der Waals surface area (Å²) in [5.41, 5.74) is 1.89. The number of carbonyl (C=O) groups excluding carboxylic acids is 2. The van der Waals surface area contributed by atoms with Gasteiger partial charge in [-0.3, -0.25) is 9.59 Å².